The number of anilines is 1. The molecule has 3 aromatic rings. The number of carbonyl (C=O) groups excluding carboxylic acids is 1. The van der Waals surface area contributed by atoms with Gasteiger partial charge < -0.3 is 14.8 Å². The van der Waals surface area contributed by atoms with E-state index < -0.39 is 0 Å². The van der Waals surface area contributed by atoms with E-state index in [1.165, 1.54) is 34.2 Å². The number of thiophene rings is 1. The summed E-state index contributed by atoms with van der Waals surface area (Å²) in [6.07, 6.45) is 3.45. The molecule has 1 unspecified atom stereocenters. The molecule has 0 radical (unpaired) electrons. The quantitative estimate of drug-likeness (QED) is 0.426. The van der Waals surface area contributed by atoms with Crippen LogP contribution in [0.5, 0.6) is 11.5 Å². The van der Waals surface area contributed by atoms with Crippen LogP contribution in [-0.2, 0) is 17.6 Å². The Morgan fingerprint density at radius 2 is 2.12 bits per heavy atom. The second kappa shape index (κ2) is 10.2. The summed E-state index contributed by atoms with van der Waals surface area (Å²) in [7, 11) is 3.16. The Bertz CT molecular complexity index is 1140. The topological polar surface area (TPSA) is 78.3 Å². The smallest absolute Gasteiger partial charge is 0.234 e. The number of hydrogen-bond acceptors (Lipinski definition) is 7. The second-order valence-corrected chi connectivity index (χ2v) is 10.5. The Morgan fingerprint density at radius 1 is 1.30 bits per heavy atom. The maximum atomic E-state index is 12.7. The van der Waals surface area contributed by atoms with Crippen molar-refractivity contribution in [2.45, 2.75) is 51.2 Å². The molecular formula is C24H30N4O3S2. The van der Waals surface area contributed by atoms with E-state index in [1.807, 2.05) is 11.3 Å². The number of amides is 1. The zero-order valence-electron chi connectivity index (χ0n) is 19.7. The first-order chi connectivity index (χ1) is 15.9. The Balaban J connectivity index is 1.51. The van der Waals surface area contributed by atoms with Crippen molar-refractivity contribution in [3.8, 4) is 22.9 Å². The van der Waals surface area contributed by atoms with Crippen LogP contribution in [0.15, 0.2) is 28.7 Å². The Kier molecular flexibility index (Phi) is 7.29. The number of ether oxygens (including phenoxy) is 2. The number of carbonyl (C=O) groups is 1. The summed E-state index contributed by atoms with van der Waals surface area (Å²) in [4.78, 5) is 14.2. The van der Waals surface area contributed by atoms with Gasteiger partial charge in [0.05, 0.1) is 25.7 Å². The molecule has 0 fully saturated rings. The highest BCUT2D eigenvalue weighted by Crippen LogP contribution is 2.39. The fourth-order valence-corrected chi connectivity index (χ4v) is 6.23. The number of fused-ring (bicyclic) bond motifs is 1. The fourth-order valence-electron chi connectivity index (χ4n) is 4.12. The molecule has 0 saturated carbocycles. The SMILES string of the molecule is COc1ccc(OC)c(NC(=O)CSc2nnc(-c3csc4c3CCC(C)C4)n2C(C)C)c1. The van der Waals surface area contributed by atoms with Crippen LogP contribution < -0.4 is 14.8 Å². The van der Waals surface area contributed by atoms with Crippen molar-refractivity contribution in [2.75, 3.05) is 25.3 Å². The van der Waals surface area contributed by atoms with Gasteiger partial charge in [-0.25, -0.2) is 0 Å². The molecule has 1 N–H and O–H groups in total. The summed E-state index contributed by atoms with van der Waals surface area (Å²) >= 11 is 3.22. The number of aromatic nitrogens is 3. The zero-order chi connectivity index (χ0) is 23.5. The number of benzene rings is 1. The lowest BCUT2D eigenvalue weighted by Gasteiger charge is -2.19. The molecule has 9 heteroatoms. The summed E-state index contributed by atoms with van der Waals surface area (Å²) in [6, 6.07) is 5.49. The van der Waals surface area contributed by atoms with Crippen LogP contribution in [0, 0.1) is 5.92 Å². The van der Waals surface area contributed by atoms with Crippen molar-refractivity contribution in [1.29, 1.82) is 0 Å². The van der Waals surface area contributed by atoms with Gasteiger partial charge in [0.1, 0.15) is 11.5 Å². The third-order valence-electron chi connectivity index (χ3n) is 5.84. The lowest BCUT2D eigenvalue weighted by Crippen LogP contribution is -2.16. The molecule has 2 heterocycles. The predicted molar refractivity (Wildman–Crippen MR) is 134 cm³/mol. The molecule has 0 aliphatic heterocycles. The summed E-state index contributed by atoms with van der Waals surface area (Å²) < 4.78 is 12.8. The third kappa shape index (κ3) is 5.04. The highest BCUT2D eigenvalue weighted by atomic mass is 32.2. The van der Waals surface area contributed by atoms with Crippen LogP contribution in [0.2, 0.25) is 0 Å². The molecule has 1 atom stereocenters. The van der Waals surface area contributed by atoms with Gasteiger partial charge in [0.25, 0.3) is 0 Å². The first kappa shape index (κ1) is 23.6. The maximum absolute atomic E-state index is 12.7. The molecule has 0 bridgehead atoms. The van der Waals surface area contributed by atoms with E-state index in [4.69, 9.17) is 9.47 Å². The molecule has 1 aliphatic rings. The zero-order valence-corrected chi connectivity index (χ0v) is 21.3. The molecular weight excluding hydrogens is 456 g/mol. The van der Waals surface area contributed by atoms with Crippen LogP contribution in [0.4, 0.5) is 5.69 Å². The van der Waals surface area contributed by atoms with Gasteiger partial charge >= 0.3 is 0 Å². The monoisotopic (exact) mass is 486 g/mol. The molecule has 1 amide bonds. The first-order valence-corrected chi connectivity index (χ1v) is 13.0. The van der Waals surface area contributed by atoms with Crippen LogP contribution >= 0.6 is 23.1 Å². The summed E-state index contributed by atoms with van der Waals surface area (Å²) in [5, 5.41) is 14.9. The number of nitrogens with one attached hydrogen (secondary N) is 1. The highest BCUT2D eigenvalue weighted by molar-refractivity contribution is 7.99. The molecule has 4 rings (SSSR count). The van der Waals surface area contributed by atoms with E-state index in [9.17, 15) is 4.79 Å². The summed E-state index contributed by atoms with van der Waals surface area (Å²) in [5.41, 5.74) is 3.19. The minimum atomic E-state index is -0.145. The maximum Gasteiger partial charge on any atom is 0.234 e. The van der Waals surface area contributed by atoms with E-state index in [2.05, 4.69) is 46.2 Å². The fraction of sp³-hybridized carbons (Fsp3) is 0.458. The van der Waals surface area contributed by atoms with Crippen molar-refractivity contribution in [1.82, 2.24) is 14.8 Å². The van der Waals surface area contributed by atoms with Crippen molar-refractivity contribution < 1.29 is 14.3 Å². The number of methoxy groups -OCH3 is 2. The van der Waals surface area contributed by atoms with Gasteiger partial charge in [0, 0.05) is 27.9 Å². The minimum absolute atomic E-state index is 0.145. The van der Waals surface area contributed by atoms with E-state index in [-0.39, 0.29) is 17.7 Å². The van der Waals surface area contributed by atoms with E-state index in [1.54, 1.807) is 32.4 Å². The molecule has 1 aliphatic carbocycles. The number of hydrogen-bond donors (Lipinski definition) is 1. The van der Waals surface area contributed by atoms with Crippen molar-refractivity contribution in [3.63, 3.8) is 0 Å². The Hall–Kier alpha value is -2.52. The number of rotatable bonds is 8. The van der Waals surface area contributed by atoms with Crippen LogP contribution in [0.25, 0.3) is 11.4 Å². The normalized spacial score (nSPS) is 15.4. The predicted octanol–water partition coefficient (Wildman–Crippen LogP) is 5.46. The summed E-state index contributed by atoms with van der Waals surface area (Å²) in [5.74, 6) is 2.93. The van der Waals surface area contributed by atoms with Crippen molar-refractivity contribution in [2.24, 2.45) is 5.92 Å². The van der Waals surface area contributed by atoms with E-state index in [0.717, 1.165) is 29.7 Å². The largest absolute Gasteiger partial charge is 0.497 e. The van der Waals surface area contributed by atoms with Gasteiger partial charge in [0.2, 0.25) is 5.91 Å². The average Bonchev–Trinajstić information content (AvgIpc) is 3.41. The van der Waals surface area contributed by atoms with Crippen LogP contribution in [-0.4, -0.2) is 40.6 Å². The van der Waals surface area contributed by atoms with Gasteiger partial charge in [0.15, 0.2) is 11.0 Å². The molecule has 176 valence electrons. The molecule has 33 heavy (non-hydrogen) atoms. The van der Waals surface area contributed by atoms with Gasteiger partial charge in [-0.1, -0.05) is 18.7 Å². The lowest BCUT2D eigenvalue weighted by atomic mass is 9.88. The minimum Gasteiger partial charge on any atom is -0.497 e. The highest BCUT2D eigenvalue weighted by Gasteiger charge is 2.25. The molecule has 7 nitrogen and oxygen atoms in total. The standard InChI is InChI=1S/C24H30N4O3S2/c1-14(2)28-23(18-12-32-21-10-15(3)6-8-17(18)21)26-27-24(28)33-13-22(29)25-19-11-16(30-4)7-9-20(19)31-5/h7,9,11-12,14-15H,6,8,10,13H2,1-5H3,(H,25,29). The number of thioether (sulfide) groups is 1. The van der Waals surface area contributed by atoms with Crippen LogP contribution in [0.1, 0.15) is 43.7 Å². The van der Waals surface area contributed by atoms with Gasteiger partial charge in [-0.3, -0.25) is 9.36 Å². The lowest BCUT2D eigenvalue weighted by molar-refractivity contribution is -0.113. The molecule has 2 aromatic heterocycles. The molecule has 1 aromatic carbocycles. The third-order valence-corrected chi connectivity index (χ3v) is 7.83. The Labute approximate surface area is 202 Å². The van der Waals surface area contributed by atoms with Gasteiger partial charge in [-0.05, 0) is 56.7 Å². The Morgan fingerprint density at radius 3 is 2.85 bits per heavy atom. The molecule has 0 spiro atoms. The van der Waals surface area contributed by atoms with Gasteiger partial charge in [-0.2, -0.15) is 0 Å². The van der Waals surface area contributed by atoms with Crippen molar-refractivity contribution >= 4 is 34.7 Å². The number of nitrogens with zero attached hydrogens (tertiary/aromatic N) is 3. The van der Waals surface area contributed by atoms with Crippen LogP contribution in [0.3, 0.4) is 0 Å². The van der Waals surface area contributed by atoms with E-state index >= 15 is 0 Å². The van der Waals surface area contributed by atoms with Crippen molar-refractivity contribution in [3.05, 3.63) is 34.0 Å². The van der Waals surface area contributed by atoms with Gasteiger partial charge in [-0.15, -0.1) is 21.5 Å². The molecule has 0 saturated heterocycles. The first-order valence-electron chi connectivity index (χ1n) is 11.1. The average molecular weight is 487 g/mol. The second-order valence-electron chi connectivity index (χ2n) is 8.57. The summed E-state index contributed by atoms with van der Waals surface area (Å²) in [6.45, 7) is 6.57. The van der Waals surface area contributed by atoms with E-state index in [0.29, 0.717) is 17.2 Å².